The number of nitrogens with one attached hydrogen (secondary N) is 1. The van der Waals surface area contributed by atoms with Crippen molar-refractivity contribution >= 4 is 38.8 Å². The van der Waals surface area contributed by atoms with Crippen molar-refractivity contribution in [2.75, 3.05) is 36.4 Å². The smallest absolute Gasteiger partial charge is 0.262 e. The fraction of sp³-hybridized carbons (Fsp3) is 0.240. The molecule has 168 valence electrons. The molecule has 5 rings (SSSR count). The summed E-state index contributed by atoms with van der Waals surface area (Å²) < 4.78 is 1.34. The Kier molecular flexibility index (Phi) is 6.19. The number of carbonyl (C=O) groups excluding carboxylic acids is 1. The van der Waals surface area contributed by atoms with E-state index >= 15 is 0 Å². The van der Waals surface area contributed by atoms with Crippen LogP contribution in [-0.2, 0) is 17.9 Å². The van der Waals surface area contributed by atoms with E-state index < -0.39 is 0 Å². The van der Waals surface area contributed by atoms with Crippen LogP contribution in [0.3, 0.4) is 0 Å². The lowest BCUT2D eigenvalue weighted by Crippen LogP contribution is -2.45. The average molecular weight is 460 g/mol. The van der Waals surface area contributed by atoms with E-state index in [1.807, 2.05) is 29.6 Å². The van der Waals surface area contributed by atoms with Crippen molar-refractivity contribution in [3.8, 4) is 0 Å². The second kappa shape index (κ2) is 9.56. The number of rotatable bonds is 6. The number of aromatic nitrogens is 2. The summed E-state index contributed by atoms with van der Waals surface area (Å²) in [6, 6.07) is 20.2. The molecule has 3 heterocycles. The number of thiophene rings is 1. The third kappa shape index (κ3) is 4.97. The minimum atomic E-state index is -0.254. The molecule has 1 aliphatic heterocycles. The lowest BCUT2D eigenvalue weighted by Gasteiger charge is -2.36. The van der Waals surface area contributed by atoms with Gasteiger partial charge >= 0.3 is 0 Å². The molecule has 1 aliphatic rings. The quantitative estimate of drug-likeness (QED) is 0.479. The van der Waals surface area contributed by atoms with Crippen LogP contribution in [0.2, 0.25) is 0 Å². The van der Waals surface area contributed by atoms with Gasteiger partial charge < -0.3 is 10.2 Å². The number of anilines is 2. The third-order valence-corrected chi connectivity index (χ3v) is 6.72. The van der Waals surface area contributed by atoms with Crippen LogP contribution in [0.4, 0.5) is 11.4 Å². The first-order valence-electron chi connectivity index (χ1n) is 11.0. The molecule has 0 saturated carbocycles. The van der Waals surface area contributed by atoms with Gasteiger partial charge in [0.25, 0.3) is 5.56 Å². The summed E-state index contributed by atoms with van der Waals surface area (Å²) in [6.07, 6.45) is 1.43. The molecular weight excluding hydrogens is 434 g/mol. The average Bonchev–Trinajstić information content (AvgIpc) is 3.32. The number of piperazine rings is 1. The molecule has 1 fully saturated rings. The Balaban J connectivity index is 1.15. The Morgan fingerprint density at radius 2 is 1.73 bits per heavy atom. The first kappa shape index (κ1) is 21.4. The van der Waals surface area contributed by atoms with Gasteiger partial charge in [-0.15, -0.1) is 11.3 Å². The molecule has 7 nitrogen and oxygen atoms in total. The summed E-state index contributed by atoms with van der Waals surface area (Å²) in [5.41, 5.74) is 3.01. The highest BCUT2D eigenvalue weighted by Crippen LogP contribution is 2.20. The van der Waals surface area contributed by atoms with Crippen molar-refractivity contribution < 1.29 is 4.79 Å². The zero-order valence-electron chi connectivity index (χ0n) is 18.2. The number of fused-ring (bicyclic) bond motifs is 1. The Labute approximate surface area is 195 Å². The van der Waals surface area contributed by atoms with Gasteiger partial charge in [0.05, 0.1) is 11.7 Å². The molecule has 1 N–H and O–H groups in total. The maximum Gasteiger partial charge on any atom is 0.262 e. The SMILES string of the molecule is O=C(Cn1cnc2sccc2c1=O)Nc1ccc(N2CCN(Cc3ccccc3)CC2)cc1. The van der Waals surface area contributed by atoms with Crippen molar-refractivity contribution in [1.82, 2.24) is 14.5 Å². The minimum Gasteiger partial charge on any atom is -0.369 e. The molecule has 1 saturated heterocycles. The van der Waals surface area contributed by atoms with E-state index in [1.165, 1.54) is 27.8 Å². The van der Waals surface area contributed by atoms with Crippen molar-refractivity contribution in [2.45, 2.75) is 13.1 Å². The van der Waals surface area contributed by atoms with Gasteiger partial charge in [-0.1, -0.05) is 30.3 Å². The van der Waals surface area contributed by atoms with E-state index in [4.69, 9.17) is 0 Å². The number of carbonyl (C=O) groups is 1. The van der Waals surface area contributed by atoms with Gasteiger partial charge in [0.15, 0.2) is 0 Å². The predicted molar refractivity (Wildman–Crippen MR) is 133 cm³/mol. The van der Waals surface area contributed by atoms with Crippen LogP contribution < -0.4 is 15.8 Å². The van der Waals surface area contributed by atoms with Crippen molar-refractivity contribution in [2.24, 2.45) is 0 Å². The summed E-state index contributed by atoms with van der Waals surface area (Å²) in [5, 5.41) is 5.25. The van der Waals surface area contributed by atoms with E-state index in [0.29, 0.717) is 15.9 Å². The Morgan fingerprint density at radius 1 is 0.970 bits per heavy atom. The predicted octanol–water partition coefficient (Wildman–Crippen LogP) is 3.42. The lowest BCUT2D eigenvalue weighted by atomic mass is 10.2. The molecule has 4 aromatic rings. The summed E-state index contributed by atoms with van der Waals surface area (Å²) in [7, 11) is 0. The van der Waals surface area contributed by atoms with Crippen LogP contribution in [-0.4, -0.2) is 46.5 Å². The molecular formula is C25H25N5O2S. The van der Waals surface area contributed by atoms with Crippen LogP contribution >= 0.6 is 11.3 Å². The fourth-order valence-corrected chi connectivity index (χ4v) is 4.85. The van der Waals surface area contributed by atoms with Crippen molar-refractivity contribution in [3.05, 3.63) is 88.3 Å². The van der Waals surface area contributed by atoms with Crippen LogP contribution in [0.1, 0.15) is 5.56 Å². The second-order valence-corrected chi connectivity index (χ2v) is 9.06. The fourth-order valence-electron chi connectivity index (χ4n) is 4.12. The van der Waals surface area contributed by atoms with E-state index in [9.17, 15) is 9.59 Å². The van der Waals surface area contributed by atoms with Gasteiger partial charge in [0.1, 0.15) is 11.4 Å². The molecule has 8 heteroatoms. The zero-order valence-corrected chi connectivity index (χ0v) is 19.0. The molecule has 1 amide bonds. The Hall–Kier alpha value is -3.49. The maximum atomic E-state index is 12.5. The summed E-state index contributed by atoms with van der Waals surface area (Å²) in [4.78, 5) is 34.7. The summed E-state index contributed by atoms with van der Waals surface area (Å²) in [6.45, 7) is 4.90. The normalized spacial score (nSPS) is 14.5. The summed E-state index contributed by atoms with van der Waals surface area (Å²) in [5.74, 6) is -0.254. The van der Waals surface area contributed by atoms with Crippen LogP contribution in [0, 0.1) is 0 Å². The highest BCUT2D eigenvalue weighted by Gasteiger charge is 2.17. The molecule has 2 aromatic carbocycles. The van der Waals surface area contributed by atoms with Gasteiger partial charge in [-0.25, -0.2) is 4.98 Å². The molecule has 0 bridgehead atoms. The third-order valence-electron chi connectivity index (χ3n) is 5.90. The zero-order chi connectivity index (χ0) is 22.6. The maximum absolute atomic E-state index is 12.5. The van der Waals surface area contributed by atoms with Gasteiger partial charge in [-0.2, -0.15) is 0 Å². The van der Waals surface area contributed by atoms with E-state index in [0.717, 1.165) is 38.4 Å². The highest BCUT2D eigenvalue weighted by molar-refractivity contribution is 7.16. The molecule has 0 atom stereocenters. The number of benzene rings is 2. The van der Waals surface area contributed by atoms with E-state index in [2.05, 4.69) is 50.4 Å². The molecule has 0 aliphatic carbocycles. The highest BCUT2D eigenvalue weighted by atomic mass is 32.1. The number of nitrogens with zero attached hydrogens (tertiary/aromatic N) is 4. The standard InChI is InChI=1S/C25H25N5O2S/c31-23(17-30-18-26-24-22(25(30)32)10-15-33-24)27-20-6-8-21(9-7-20)29-13-11-28(12-14-29)16-19-4-2-1-3-5-19/h1-10,15,18H,11-14,16-17H2,(H,27,31). The van der Waals surface area contributed by atoms with Gasteiger partial charge in [-0.05, 0) is 41.3 Å². The molecule has 2 aromatic heterocycles. The number of hydrogen-bond donors (Lipinski definition) is 1. The molecule has 0 spiro atoms. The number of amides is 1. The molecule has 0 unspecified atom stereocenters. The van der Waals surface area contributed by atoms with Gasteiger partial charge in [-0.3, -0.25) is 19.1 Å². The molecule has 33 heavy (non-hydrogen) atoms. The number of hydrogen-bond acceptors (Lipinski definition) is 6. The Morgan fingerprint density at radius 3 is 2.48 bits per heavy atom. The molecule has 0 radical (unpaired) electrons. The van der Waals surface area contributed by atoms with Crippen LogP contribution in [0.15, 0.2) is 77.2 Å². The van der Waals surface area contributed by atoms with Crippen molar-refractivity contribution in [1.29, 1.82) is 0 Å². The van der Waals surface area contributed by atoms with E-state index in [1.54, 1.807) is 6.07 Å². The first-order chi connectivity index (χ1) is 16.2. The van der Waals surface area contributed by atoms with Gasteiger partial charge in [0, 0.05) is 44.1 Å². The largest absolute Gasteiger partial charge is 0.369 e. The van der Waals surface area contributed by atoms with Gasteiger partial charge in [0.2, 0.25) is 5.91 Å². The topological polar surface area (TPSA) is 70.5 Å². The van der Waals surface area contributed by atoms with Crippen LogP contribution in [0.5, 0.6) is 0 Å². The second-order valence-electron chi connectivity index (χ2n) is 8.16. The van der Waals surface area contributed by atoms with Crippen molar-refractivity contribution in [3.63, 3.8) is 0 Å². The minimum absolute atomic E-state index is 0.0667. The lowest BCUT2D eigenvalue weighted by molar-refractivity contribution is -0.116. The van der Waals surface area contributed by atoms with Crippen LogP contribution in [0.25, 0.3) is 10.2 Å². The summed E-state index contributed by atoms with van der Waals surface area (Å²) >= 11 is 1.41. The first-order valence-corrected chi connectivity index (χ1v) is 11.9. The Bertz CT molecular complexity index is 1290. The monoisotopic (exact) mass is 459 g/mol. The van der Waals surface area contributed by atoms with E-state index in [-0.39, 0.29) is 18.0 Å².